The summed E-state index contributed by atoms with van der Waals surface area (Å²) in [6, 6.07) is 2.26. The first-order valence-electron chi connectivity index (χ1n) is 4.29. The highest BCUT2D eigenvalue weighted by molar-refractivity contribution is 5.54. The van der Waals surface area contributed by atoms with Gasteiger partial charge in [-0.15, -0.1) is 0 Å². The highest BCUT2D eigenvalue weighted by Crippen LogP contribution is 2.35. The summed E-state index contributed by atoms with van der Waals surface area (Å²) in [5, 5.41) is 8.37. The lowest BCUT2D eigenvalue weighted by Gasteiger charge is -2.13. The highest BCUT2D eigenvalue weighted by atomic mass is 19.4. The fourth-order valence-corrected chi connectivity index (χ4v) is 1.19. The maximum absolute atomic E-state index is 12.4. The second kappa shape index (κ2) is 4.53. The van der Waals surface area contributed by atoms with Crippen molar-refractivity contribution in [1.82, 2.24) is 4.98 Å². The van der Waals surface area contributed by atoms with E-state index in [9.17, 15) is 22.0 Å². The maximum atomic E-state index is 12.4. The van der Waals surface area contributed by atoms with Gasteiger partial charge in [-0.25, -0.2) is 13.8 Å². The minimum atomic E-state index is -4.93. The third kappa shape index (κ3) is 2.81. The average Bonchev–Trinajstić information content (AvgIpc) is 2.19. The second-order valence-corrected chi connectivity index (χ2v) is 3.10. The first-order chi connectivity index (χ1) is 7.77. The van der Waals surface area contributed by atoms with Crippen molar-refractivity contribution in [2.24, 2.45) is 0 Å². The van der Waals surface area contributed by atoms with Crippen LogP contribution in [0.5, 0.6) is 0 Å². The van der Waals surface area contributed by atoms with Crippen LogP contribution in [0.2, 0.25) is 0 Å². The van der Waals surface area contributed by atoms with E-state index in [2.05, 4.69) is 4.98 Å². The summed E-state index contributed by atoms with van der Waals surface area (Å²) in [5.74, 6) is 0. The molecule has 1 heterocycles. The third-order valence-electron chi connectivity index (χ3n) is 1.93. The van der Waals surface area contributed by atoms with Crippen molar-refractivity contribution < 1.29 is 22.0 Å². The van der Waals surface area contributed by atoms with Gasteiger partial charge >= 0.3 is 6.18 Å². The van der Waals surface area contributed by atoms with Crippen LogP contribution in [0.3, 0.4) is 0 Å². The molecule has 2 N–H and O–H groups in total. The SMILES string of the molecule is N#CCc1cc(C(F)F)nc(C(F)(F)F)c1N. The van der Waals surface area contributed by atoms with E-state index in [1.165, 1.54) is 0 Å². The minimum absolute atomic E-state index is 0.301. The van der Waals surface area contributed by atoms with Gasteiger partial charge < -0.3 is 5.73 Å². The monoisotopic (exact) mass is 251 g/mol. The van der Waals surface area contributed by atoms with Crippen molar-refractivity contribution in [2.45, 2.75) is 19.0 Å². The van der Waals surface area contributed by atoms with Crippen LogP contribution in [0.15, 0.2) is 6.07 Å². The molecule has 0 unspecified atom stereocenters. The van der Waals surface area contributed by atoms with Crippen molar-refractivity contribution in [3.05, 3.63) is 23.0 Å². The molecule has 1 rings (SSSR count). The molecule has 0 aliphatic carbocycles. The summed E-state index contributed by atoms with van der Waals surface area (Å²) < 4.78 is 62.0. The molecule has 0 aliphatic rings. The predicted molar refractivity (Wildman–Crippen MR) is 47.9 cm³/mol. The Balaban J connectivity index is 3.44. The molecule has 0 saturated heterocycles. The molecule has 8 heteroatoms. The van der Waals surface area contributed by atoms with Crippen LogP contribution in [0.4, 0.5) is 27.6 Å². The van der Waals surface area contributed by atoms with Gasteiger partial charge in [-0.05, 0) is 11.6 Å². The van der Waals surface area contributed by atoms with Crippen LogP contribution in [-0.4, -0.2) is 4.98 Å². The normalized spacial score (nSPS) is 11.6. The smallest absolute Gasteiger partial charge is 0.397 e. The number of anilines is 1. The number of hydrogen-bond donors (Lipinski definition) is 1. The van der Waals surface area contributed by atoms with Gasteiger partial charge in [-0.3, -0.25) is 0 Å². The topological polar surface area (TPSA) is 62.7 Å². The third-order valence-corrected chi connectivity index (χ3v) is 1.93. The molecule has 0 radical (unpaired) electrons. The predicted octanol–water partition coefficient (Wildman–Crippen LogP) is 2.69. The van der Waals surface area contributed by atoms with E-state index in [-0.39, 0.29) is 5.56 Å². The van der Waals surface area contributed by atoms with Gasteiger partial charge in [0.1, 0.15) is 5.69 Å². The summed E-state index contributed by atoms with van der Waals surface area (Å²) in [4.78, 5) is 2.78. The number of nitrogens with two attached hydrogens (primary N) is 1. The summed E-state index contributed by atoms with van der Waals surface area (Å²) in [5.41, 5.74) is 1.43. The van der Waals surface area contributed by atoms with Crippen LogP contribution < -0.4 is 5.73 Å². The van der Waals surface area contributed by atoms with Crippen molar-refractivity contribution in [3.63, 3.8) is 0 Å². The fraction of sp³-hybridized carbons (Fsp3) is 0.333. The Labute approximate surface area is 92.7 Å². The standard InChI is InChI=1S/C9H6F5N3/c10-8(11)5-3-4(1-2-15)6(16)7(17-5)9(12,13)14/h3,8H,1,16H2. The van der Waals surface area contributed by atoms with Gasteiger partial charge in [0.25, 0.3) is 6.43 Å². The number of hydrogen-bond acceptors (Lipinski definition) is 3. The first-order valence-corrected chi connectivity index (χ1v) is 4.29. The van der Waals surface area contributed by atoms with E-state index >= 15 is 0 Å². The summed E-state index contributed by atoms with van der Waals surface area (Å²) in [6.07, 6.45) is -8.58. The molecule has 0 atom stereocenters. The molecule has 0 bridgehead atoms. The van der Waals surface area contributed by atoms with Crippen molar-refractivity contribution in [3.8, 4) is 6.07 Å². The zero-order valence-electron chi connectivity index (χ0n) is 8.22. The van der Waals surface area contributed by atoms with E-state index < -0.39 is 36.1 Å². The number of aromatic nitrogens is 1. The van der Waals surface area contributed by atoms with Gasteiger partial charge in [-0.1, -0.05) is 0 Å². The molecule has 0 fully saturated rings. The van der Waals surface area contributed by atoms with Crippen LogP contribution >= 0.6 is 0 Å². The number of nitrogens with zero attached hydrogens (tertiary/aromatic N) is 2. The first kappa shape index (κ1) is 13.2. The van der Waals surface area contributed by atoms with Gasteiger partial charge in [0.2, 0.25) is 0 Å². The van der Waals surface area contributed by atoms with Crippen molar-refractivity contribution in [2.75, 3.05) is 5.73 Å². The number of alkyl halides is 5. The lowest BCUT2D eigenvalue weighted by Crippen LogP contribution is -2.15. The lowest BCUT2D eigenvalue weighted by atomic mass is 10.1. The summed E-state index contributed by atoms with van der Waals surface area (Å²) >= 11 is 0. The molecule has 3 nitrogen and oxygen atoms in total. The van der Waals surface area contributed by atoms with Crippen LogP contribution in [-0.2, 0) is 12.6 Å². The van der Waals surface area contributed by atoms with Crippen LogP contribution in [0.1, 0.15) is 23.4 Å². The molecule has 1 aromatic heterocycles. The Morgan fingerprint density at radius 3 is 2.41 bits per heavy atom. The Bertz CT molecular complexity index is 461. The molecule has 0 saturated carbocycles. The maximum Gasteiger partial charge on any atom is 0.435 e. The van der Waals surface area contributed by atoms with Gasteiger partial charge in [-0.2, -0.15) is 18.4 Å². The Morgan fingerprint density at radius 1 is 1.41 bits per heavy atom. The Morgan fingerprint density at radius 2 is 2.00 bits per heavy atom. The van der Waals surface area contributed by atoms with Gasteiger partial charge in [0.15, 0.2) is 5.69 Å². The zero-order chi connectivity index (χ0) is 13.2. The number of pyridine rings is 1. The fourth-order valence-electron chi connectivity index (χ4n) is 1.19. The number of nitrogen functional groups attached to an aromatic ring is 1. The van der Waals surface area contributed by atoms with Gasteiger partial charge in [0.05, 0.1) is 18.2 Å². The molecular formula is C9H6F5N3. The largest absolute Gasteiger partial charge is 0.435 e. The van der Waals surface area contributed by atoms with Gasteiger partial charge in [0, 0.05) is 0 Å². The Hall–Kier alpha value is -1.91. The lowest BCUT2D eigenvalue weighted by molar-refractivity contribution is -0.140. The van der Waals surface area contributed by atoms with E-state index in [0.717, 1.165) is 0 Å². The van der Waals surface area contributed by atoms with Crippen LogP contribution in [0.25, 0.3) is 0 Å². The quantitative estimate of drug-likeness (QED) is 0.822. The zero-order valence-corrected chi connectivity index (χ0v) is 8.22. The average molecular weight is 251 g/mol. The number of halogens is 5. The molecule has 0 spiro atoms. The molecular weight excluding hydrogens is 245 g/mol. The molecule has 1 aromatic rings. The second-order valence-electron chi connectivity index (χ2n) is 3.10. The molecule has 0 aromatic carbocycles. The van der Waals surface area contributed by atoms with Crippen molar-refractivity contribution >= 4 is 5.69 Å². The highest BCUT2D eigenvalue weighted by Gasteiger charge is 2.37. The minimum Gasteiger partial charge on any atom is -0.397 e. The molecule has 0 amide bonds. The molecule has 92 valence electrons. The molecule has 0 aliphatic heterocycles. The van der Waals surface area contributed by atoms with E-state index in [4.69, 9.17) is 11.0 Å². The molecule has 17 heavy (non-hydrogen) atoms. The van der Waals surface area contributed by atoms with E-state index in [1.807, 2.05) is 0 Å². The Kier molecular flexibility index (Phi) is 3.50. The van der Waals surface area contributed by atoms with E-state index in [1.54, 1.807) is 6.07 Å². The summed E-state index contributed by atoms with van der Waals surface area (Å²) in [7, 11) is 0. The number of nitriles is 1. The van der Waals surface area contributed by atoms with Crippen LogP contribution in [0, 0.1) is 11.3 Å². The van der Waals surface area contributed by atoms with Crippen molar-refractivity contribution in [1.29, 1.82) is 5.26 Å². The number of rotatable bonds is 2. The van der Waals surface area contributed by atoms with E-state index in [0.29, 0.717) is 6.07 Å². The summed E-state index contributed by atoms with van der Waals surface area (Å²) in [6.45, 7) is 0.